The number of hydrogen-bond acceptors (Lipinski definition) is 8. The third-order valence-electron chi connectivity index (χ3n) is 7.69. The number of thioether (sulfide) groups is 1. The lowest BCUT2D eigenvalue weighted by Crippen LogP contribution is -2.38. The normalized spacial score (nSPS) is 17.8. The molecule has 9 nitrogen and oxygen atoms in total. The third-order valence-corrected chi connectivity index (χ3v) is 8.07. The molecular formula is C35H33F3N4O5S. The van der Waals surface area contributed by atoms with Crippen LogP contribution in [0.3, 0.4) is 0 Å². The summed E-state index contributed by atoms with van der Waals surface area (Å²) in [6.45, 7) is -0.510. The molecule has 1 aliphatic heterocycles. The van der Waals surface area contributed by atoms with Crippen molar-refractivity contribution in [1.82, 2.24) is 14.9 Å². The molecule has 1 amide bonds. The van der Waals surface area contributed by atoms with Gasteiger partial charge < -0.3 is 25.3 Å². The molecule has 0 spiro atoms. The summed E-state index contributed by atoms with van der Waals surface area (Å²) in [5.41, 5.74) is 6.99. The Bertz CT molecular complexity index is 1700. The topological polar surface area (TPSA) is 118 Å². The summed E-state index contributed by atoms with van der Waals surface area (Å²) < 4.78 is 58.3. The van der Waals surface area contributed by atoms with Crippen molar-refractivity contribution in [3.63, 3.8) is 0 Å². The second kappa shape index (κ2) is 15.5. The zero-order chi connectivity index (χ0) is 34.1. The van der Waals surface area contributed by atoms with Crippen LogP contribution in [0.25, 0.3) is 0 Å². The Morgan fingerprint density at radius 2 is 1.58 bits per heavy atom. The number of rotatable bonds is 11. The number of nitrogens with one attached hydrogen (secondary N) is 1. The lowest BCUT2D eigenvalue weighted by Gasteiger charge is -2.37. The molecule has 0 unspecified atom stereocenters. The summed E-state index contributed by atoms with van der Waals surface area (Å²) in [4.78, 5) is 27.9. The highest BCUT2D eigenvalue weighted by Gasteiger charge is 2.43. The maximum absolute atomic E-state index is 13.0. The fourth-order valence-corrected chi connectivity index (χ4v) is 5.79. The Labute approximate surface area is 279 Å². The molecule has 3 atom stereocenters. The van der Waals surface area contributed by atoms with Crippen molar-refractivity contribution in [3.05, 3.63) is 130 Å². The minimum absolute atomic E-state index is 0.0803. The van der Waals surface area contributed by atoms with Gasteiger partial charge in [-0.05, 0) is 22.9 Å². The fraction of sp³-hybridized carbons (Fsp3) is 0.286. The summed E-state index contributed by atoms with van der Waals surface area (Å²) >= 11 is 1.49. The Morgan fingerprint density at radius 3 is 2.10 bits per heavy atom. The number of nitrogens with zero attached hydrogens (tertiary/aromatic N) is 2. The maximum atomic E-state index is 13.0. The van der Waals surface area contributed by atoms with E-state index in [2.05, 4.69) is 16.8 Å². The van der Waals surface area contributed by atoms with E-state index in [0.717, 1.165) is 16.7 Å². The summed E-state index contributed by atoms with van der Waals surface area (Å²) in [7, 11) is 0. The predicted octanol–water partition coefficient (Wildman–Crippen LogP) is 4.86. The Morgan fingerprint density at radius 1 is 1.02 bits per heavy atom. The molecule has 3 N–H and O–H groups in total. The van der Waals surface area contributed by atoms with Gasteiger partial charge in [0.2, 0.25) is 0 Å². The molecule has 250 valence electrons. The number of ether oxygens (including phenoxy) is 3. The Balaban J connectivity index is 1.44. The summed E-state index contributed by atoms with van der Waals surface area (Å²) in [5, 5.41) is 1.66. The summed E-state index contributed by atoms with van der Waals surface area (Å²) in [6.07, 6.45) is -3.45. The molecule has 13 heteroatoms. The number of carbonyl (C=O) groups excluding carboxylic acids is 1. The second-order valence-electron chi connectivity index (χ2n) is 10.8. The van der Waals surface area contributed by atoms with Gasteiger partial charge in [-0.25, -0.2) is 4.79 Å². The minimum Gasteiger partial charge on any atom is -0.382 e. The molecule has 1 aliphatic rings. The quantitative estimate of drug-likeness (QED) is 0.131. The smallest absolute Gasteiger partial charge is 0.382 e. The zero-order valence-corrected chi connectivity index (χ0v) is 26.7. The lowest BCUT2D eigenvalue weighted by molar-refractivity contribution is -0.173. The van der Waals surface area contributed by atoms with Gasteiger partial charge in [-0.3, -0.25) is 9.36 Å². The van der Waals surface area contributed by atoms with Crippen LogP contribution in [0.2, 0.25) is 0 Å². The first-order valence-electron chi connectivity index (χ1n) is 14.9. The average molecular weight is 679 g/mol. The number of alkyl halides is 3. The van der Waals surface area contributed by atoms with Gasteiger partial charge in [0.05, 0.1) is 30.8 Å². The largest absolute Gasteiger partial charge is 0.471 e. The first-order valence-corrected chi connectivity index (χ1v) is 16.3. The van der Waals surface area contributed by atoms with Crippen molar-refractivity contribution in [3.8, 4) is 11.8 Å². The molecule has 1 fully saturated rings. The van der Waals surface area contributed by atoms with Crippen molar-refractivity contribution >= 4 is 23.5 Å². The number of halogens is 3. The number of amides is 1. The first-order chi connectivity index (χ1) is 23.1. The predicted molar refractivity (Wildman–Crippen MR) is 176 cm³/mol. The van der Waals surface area contributed by atoms with Crippen molar-refractivity contribution in [1.29, 1.82) is 0 Å². The van der Waals surface area contributed by atoms with Gasteiger partial charge in [0.15, 0.2) is 0 Å². The molecule has 0 radical (unpaired) electrons. The van der Waals surface area contributed by atoms with Gasteiger partial charge in [-0.15, -0.1) is 11.8 Å². The van der Waals surface area contributed by atoms with E-state index < -0.39 is 48.4 Å². The van der Waals surface area contributed by atoms with E-state index in [9.17, 15) is 22.8 Å². The van der Waals surface area contributed by atoms with Crippen LogP contribution in [-0.2, 0) is 24.6 Å². The molecule has 0 bridgehead atoms. The molecular weight excluding hydrogens is 645 g/mol. The minimum atomic E-state index is -5.03. The Hall–Kier alpha value is -4.61. The molecule has 5 rings (SSSR count). The van der Waals surface area contributed by atoms with Crippen LogP contribution in [0, 0.1) is 11.8 Å². The monoisotopic (exact) mass is 678 g/mol. The standard InChI is InChI=1S/C35H33F3N4O5S/c1-48-23-45-28-20-30(42-21-24(31(39)41-33(42)44)12-11-19-40-32(43)35(36,37)38)47-29(28)22-46-34(25-13-5-2-6-14-25,26-15-7-3-8-16-26)27-17-9-4-10-18-27/h2-10,13-18,21,28-30H,19-20,22-23H2,1H3,(H,40,43)(H2,39,41,44)/t28-,29+,30+/m0/s1. The van der Waals surface area contributed by atoms with E-state index in [1.54, 1.807) is 5.32 Å². The van der Waals surface area contributed by atoms with Crippen molar-refractivity contribution in [2.45, 2.75) is 36.6 Å². The van der Waals surface area contributed by atoms with Gasteiger partial charge in [0.25, 0.3) is 0 Å². The van der Waals surface area contributed by atoms with Crippen LogP contribution < -0.4 is 16.7 Å². The Kier molecular flexibility index (Phi) is 11.2. The van der Waals surface area contributed by atoms with E-state index >= 15 is 0 Å². The van der Waals surface area contributed by atoms with Crippen LogP contribution in [0.15, 0.2) is 102 Å². The van der Waals surface area contributed by atoms with Crippen molar-refractivity contribution in [2.75, 3.05) is 31.1 Å². The number of nitrogens with two attached hydrogens (primary N) is 1. The van der Waals surface area contributed by atoms with E-state index in [1.807, 2.05) is 97.3 Å². The number of anilines is 1. The van der Waals surface area contributed by atoms with E-state index in [4.69, 9.17) is 19.9 Å². The van der Waals surface area contributed by atoms with Crippen LogP contribution in [0.5, 0.6) is 0 Å². The summed E-state index contributed by atoms with van der Waals surface area (Å²) in [5.74, 6) is 3.02. The second-order valence-corrected chi connectivity index (χ2v) is 11.6. The molecule has 1 saturated heterocycles. The third kappa shape index (κ3) is 7.91. The molecule has 1 aromatic heterocycles. The van der Waals surface area contributed by atoms with Gasteiger partial charge in [-0.2, -0.15) is 18.2 Å². The van der Waals surface area contributed by atoms with E-state index in [1.165, 1.54) is 22.5 Å². The number of benzene rings is 3. The SMILES string of the molecule is CSCO[C@H]1C[C@H](n2cc(C#CCNC(=O)C(F)(F)F)c(N)nc2=O)O[C@@H]1COC(c1ccccc1)(c1ccccc1)c1ccccc1. The molecule has 0 saturated carbocycles. The van der Waals surface area contributed by atoms with Crippen molar-refractivity contribution < 1.29 is 32.2 Å². The lowest BCUT2D eigenvalue weighted by atomic mass is 9.80. The van der Waals surface area contributed by atoms with Crippen LogP contribution in [0.1, 0.15) is 34.9 Å². The fourth-order valence-electron chi connectivity index (χ4n) is 5.48. The highest BCUT2D eigenvalue weighted by molar-refractivity contribution is 7.98. The van der Waals surface area contributed by atoms with Gasteiger partial charge in [0.1, 0.15) is 23.8 Å². The first kappa shape index (κ1) is 34.7. The van der Waals surface area contributed by atoms with Crippen LogP contribution >= 0.6 is 11.8 Å². The molecule has 0 aliphatic carbocycles. The number of hydrogen-bond donors (Lipinski definition) is 2. The van der Waals surface area contributed by atoms with Crippen molar-refractivity contribution in [2.24, 2.45) is 0 Å². The van der Waals surface area contributed by atoms with E-state index in [-0.39, 0.29) is 24.4 Å². The molecule has 3 aromatic carbocycles. The van der Waals surface area contributed by atoms with Gasteiger partial charge in [0, 0.05) is 12.6 Å². The summed E-state index contributed by atoms with van der Waals surface area (Å²) in [6, 6.07) is 29.6. The van der Waals surface area contributed by atoms with Gasteiger partial charge in [-0.1, -0.05) is 103 Å². The van der Waals surface area contributed by atoms with Crippen LogP contribution in [-0.4, -0.2) is 59.2 Å². The maximum Gasteiger partial charge on any atom is 0.471 e. The van der Waals surface area contributed by atoms with Gasteiger partial charge >= 0.3 is 17.8 Å². The number of carbonyl (C=O) groups is 1. The van der Waals surface area contributed by atoms with E-state index in [0.29, 0.717) is 5.94 Å². The molecule has 48 heavy (non-hydrogen) atoms. The number of nitrogen functional groups attached to an aromatic ring is 1. The highest BCUT2D eigenvalue weighted by atomic mass is 32.2. The molecule has 4 aromatic rings. The number of aromatic nitrogens is 2. The molecule has 2 heterocycles. The highest BCUT2D eigenvalue weighted by Crippen LogP contribution is 2.42. The van der Waals surface area contributed by atoms with Crippen LogP contribution in [0.4, 0.5) is 19.0 Å². The average Bonchev–Trinajstić information content (AvgIpc) is 3.50. The zero-order valence-electron chi connectivity index (χ0n) is 25.9.